The lowest BCUT2D eigenvalue weighted by molar-refractivity contribution is -0.115. The van der Waals surface area contributed by atoms with Gasteiger partial charge in [0.05, 0.1) is 0 Å². The van der Waals surface area contributed by atoms with Gasteiger partial charge in [0, 0.05) is 24.3 Å². The van der Waals surface area contributed by atoms with Crippen molar-refractivity contribution in [2.75, 3.05) is 17.2 Å². The summed E-state index contributed by atoms with van der Waals surface area (Å²) in [5.74, 6) is -0.351. The van der Waals surface area contributed by atoms with E-state index >= 15 is 0 Å². The summed E-state index contributed by atoms with van der Waals surface area (Å²) in [4.78, 5) is 11.9. The minimum absolute atomic E-state index is 0.0590. The second-order valence-corrected chi connectivity index (χ2v) is 5.00. The highest BCUT2D eigenvalue weighted by Gasteiger charge is 2.07. The molecule has 2 N–H and O–H groups in total. The minimum atomic E-state index is -0.292. The number of halogens is 1. The molecule has 3 nitrogen and oxygen atoms in total. The van der Waals surface area contributed by atoms with Gasteiger partial charge in [-0.15, -0.1) is 0 Å². The summed E-state index contributed by atoms with van der Waals surface area (Å²) in [7, 11) is 0. The van der Waals surface area contributed by atoms with E-state index in [-0.39, 0.29) is 11.7 Å². The Kier molecular flexibility index (Phi) is 4.93. The summed E-state index contributed by atoms with van der Waals surface area (Å²) in [6.07, 6.45) is 0.324. The average Bonchev–Trinajstić information content (AvgIpc) is 2.43. The van der Waals surface area contributed by atoms with Crippen molar-refractivity contribution in [2.45, 2.75) is 20.3 Å². The van der Waals surface area contributed by atoms with Gasteiger partial charge in [0.15, 0.2) is 0 Å². The van der Waals surface area contributed by atoms with Crippen LogP contribution in [0.1, 0.15) is 17.5 Å². The molecule has 0 aromatic heterocycles. The van der Waals surface area contributed by atoms with Crippen molar-refractivity contribution in [2.24, 2.45) is 0 Å². The van der Waals surface area contributed by atoms with Gasteiger partial charge < -0.3 is 10.6 Å². The third kappa shape index (κ3) is 4.31. The topological polar surface area (TPSA) is 41.1 Å². The Hall–Kier alpha value is -2.36. The summed E-state index contributed by atoms with van der Waals surface area (Å²) in [6.45, 7) is 4.39. The lowest BCUT2D eigenvalue weighted by atomic mass is 10.1. The Balaban J connectivity index is 1.85. The predicted molar refractivity (Wildman–Crippen MR) is 84.1 cm³/mol. The van der Waals surface area contributed by atoms with Gasteiger partial charge in [-0.1, -0.05) is 24.3 Å². The normalized spacial score (nSPS) is 10.2. The Morgan fingerprint density at radius 1 is 1.10 bits per heavy atom. The fourth-order valence-corrected chi connectivity index (χ4v) is 2.13. The van der Waals surface area contributed by atoms with E-state index in [0.29, 0.717) is 18.7 Å². The van der Waals surface area contributed by atoms with Crippen LogP contribution in [0.2, 0.25) is 0 Å². The molecule has 0 aliphatic carbocycles. The van der Waals surface area contributed by atoms with Crippen molar-refractivity contribution >= 4 is 17.3 Å². The molecule has 0 bridgehead atoms. The third-order valence-electron chi connectivity index (χ3n) is 3.25. The standard InChI is InChI=1S/C17H19FN2O/c1-12-5-3-6-13(2)17(12)20-16(21)9-10-19-15-8-4-7-14(18)11-15/h3-8,11,19H,9-10H2,1-2H3,(H,20,21). The molecule has 21 heavy (non-hydrogen) atoms. The van der Waals surface area contributed by atoms with Crippen molar-refractivity contribution in [1.82, 2.24) is 0 Å². The van der Waals surface area contributed by atoms with Crippen LogP contribution in [0.4, 0.5) is 15.8 Å². The average molecular weight is 286 g/mol. The van der Waals surface area contributed by atoms with Gasteiger partial charge >= 0.3 is 0 Å². The van der Waals surface area contributed by atoms with Crippen LogP contribution in [0.3, 0.4) is 0 Å². The maximum absolute atomic E-state index is 13.0. The maximum atomic E-state index is 13.0. The first-order valence-corrected chi connectivity index (χ1v) is 6.92. The zero-order chi connectivity index (χ0) is 15.2. The molecule has 0 unspecified atom stereocenters. The van der Waals surface area contributed by atoms with Gasteiger partial charge in [-0.2, -0.15) is 0 Å². The number of anilines is 2. The molecule has 2 aromatic carbocycles. The lowest BCUT2D eigenvalue weighted by Crippen LogP contribution is -2.17. The monoisotopic (exact) mass is 286 g/mol. The fraction of sp³-hybridized carbons (Fsp3) is 0.235. The summed E-state index contributed by atoms with van der Waals surface area (Å²) in [5, 5.41) is 5.95. The molecule has 0 saturated carbocycles. The van der Waals surface area contributed by atoms with E-state index in [4.69, 9.17) is 0 Å². The summed E-state index contributed by atoms with van der Waals surface area (Å²) < 4.78 is 13.0. The van der Waals surface area contributed by atoms with Crippen LogP contribution >= 0.6 is 0 Å². The van der Waals surface area contributed by atoms with Crippen LogP contribution in [0.15, 0.2) is 42.5 Å². The number of carbonyl (C=O) groups excluding carboxylic acids is 1. The van der Waals surface area contributed by atoms with Crippen molar-refractivity contribution in [1.29, 1.82) is 0 Å². The SMILES string of the molecule is Cc1cccc(C)c1NC(=O)CCNc1cccc(F)c1. The van der Waals surface area contributed by atoms with Crippen molar-refractivity contribution < 1.29 is 9.18 Å². The van der Waals surface area contributed by atoms with Gasteiger partial charge in [0.1, 0.15) is 5.82 Å². The zero-order valence-corrected chi connectivity index (χ0v) is 12.2. The highest BCUT2D eigenvalue weighted by molar-refractivity contribution is 5.92. The summed E-state index contributed by atoms with van der Waals surface area (Å²) in [5.41, 5.74) is 3.63. The minimum Gasteiger partial charge on any atom is -0.384 e. The molecule has 0 saturated heterocycles. The summed E-state index contributed by atoms with van der Waals surface area (Å²) in [6, 6.07) is 12.1. The summed E-state index contributed by atoms with van der Waals surface area (Å²) >= 11 is 0. The van der Waals surface area contributed by atoms with E-state index in [9.17, 15) is 9.18 Å². The number of hydrogen-bond donors (Lipinski definition) is 2. The first kappa shape index (κ1) is 15.0. The number of carbonyl (C=O) groups is 1. The van der Waals surface area contributed by atoms with Crippen molar-refractivity contribution in [3.8, 4) is 0 Å². The van der Waals surface area contributed by atoms with Crippen LogP contribution in [0, 0.1) is 19.7 Å². The van der Waals surface area contributed by atoms with Crippen LogP contribution < -0.4 is 10.6 Å². The molecule has 4 heteroatoms. The molecule has 0 aliphatic rings. The molecule has 0 fully saturated rings. The van der Waals surface area contributed by atoms with E-state index in [1.807, 2.05) is 32.0 Å². The highest BCUT2D eigenvalue weighted by atomic mass is 19.1. The predicted octanol–water partition coefficient (Wildman–Crippen LogP) is 3.88. The number of para-hydroxylation sites is 1. The molecular formula is C17H19FN2O. The Labute approximate surface area is 124 Å². The van der Waals surface area contributed by atoms with Crippen LogP contribution in [-0.4, -0.2) is 12.5 Å². The molecule has 110 valence electrons. The maximum Gasteiger partial charge on any atom is 0.226 e. The molecule has 1 amide bonds. The van der Waals surface area contributed by atoms with E-state index in [2.05, 4.69) is 10.6 Å². The molecule has 0 aliphatic heterocycles. The number of amides is 1. The van der Waals surface area contributed by atoms with Crippen LogP contribution in [0.5, 0.6) is 0 Å². The number of benzene rings is 2. The molecule has 0 heterocycles. The molecular weight excluding hydrogens is 267 g/mol. The fourth-order valence-electron chi connectivity index (χ4n) is 2.13. The zero-order valence-electron chi connectivity index (χ0n) is 12.2. The Morgan fingerprint density at radius 3 is 2.43 bits per heavy atom. The van der Waals surface area contributed by atoms with Gasteiger partial charge in [-0.3, -0.25) is 4.79 Å². The second kappa shape index (κ2) is 6.88. The van der Waals surface area contributed by atoms with Gasteiger partial charge in [0.2, 0.25) is 5.91 Å². The molecule has 0 atom stereocenters. The number of aryl methyl sites for hydroxylation is 2. The van der Waals surface area contributed by atoms with Crippen LogP contribution in [0.25, 0.3) is 0 Å². The third-order valence-corrected chi connectivity index (χ3v) is 3.25. The first-order valence-electron chi connectivity index (χ1n) is 6.92. The van der Waals surface area contributed by atoms with E-state index < -0.39 is 0 Å². The Bertz CT molecular complexity index is 620. The van der Waals surface area contributed by atoms with Gasteiger partial charge in [-0.05, 0) is 43.2 Å². The molecule has 0 radical (unpaired) electrons. The first-order chi connectivity index (χ1) is 10.1. The van der Waals surface area contributed by atoms with E-state index in [0.717, 1.165) is 16.8 Å². The van der Waals surface area contributed by atoms with Crippen molar-refractivity contribution in [3.63, 3.8) is 0 Å². The molecule has 0 spiro atoms. The molecule has 2 rings (SSSR count). The largest absolute Gasteiger partial charge is 0.384 e. The number of hydrogen-bond acceptors (Lipinski definition) is 2. The number of rotatable bonds is 5. The smallest absolute Gasteiger partial charge is 0.226 e. The Morgan fingerprint density at radius 2 is 1.76 bits per heavy atom. The van der Waals surface area contributed by atoms with E-state index in [1.54, 1.807) is 12.1 Å². The second-order valence-electron chi connectivity index (χ2n) is 5.00. The quantitative estimate of drug-likeness (QED) is 0.875. The molecule has 2 aromatic rings. The lowest BCUT2D eigenvalue weighted by Gasteiger charge is -2.12. The van der Waals surface area contributed by atoms with Crippen LogP contribution in [-0.2, 0) is 4.79 Å². The van der Waals surface area contributed by atoms with E-state index in [1.165, 1.54) is 12.1 Å². The number of nitrogens with one attached hydrogen (secondary N) is 2. The highest BCUT2D eigenvalue weighted by Crippen LogP contribution is 2.19. The van der Waals surface area contributed by atoms with Gasteiger partial charge in [0.25, 0.3) is 0 Å². The van der Waals surface area contributed by atoms with Gasteiger partial charge in [-0.25, -0.2) is 4.39 Å². The van der Waals surface area contributed by atoms with Crippen molar-refractivity contribution in [3.05, 3.63) is 59.4 Å².